The largest absolute Gasteiger partial charge is 0.344 e. The van der Waals surface area contributed by atoms with E-state index in [0.29, 0.717) is 55.8 Å². The Kier molecular flexibility index (Phi) is 13.0. The van der Waals surface area contributed by atoms with E-state index in [4.69, 9.17) is 4.84 Å². The van der Waals surface area contributed by atoms with Gasteiger partial charge in [-0.2, -0.15) is 13.0 Å². The highest BCUT2D eigenvalue weighted by molar-refractivity contribution is 7.89. The highest BCUT2D eigenvalue weighted by atomic mass is 32.2. The quantitative estimate of drug-likeness (QED) is 0.0655. The van der Waals surface area contributed by atoms with E-state index >= 15 is 0 Å². The first kappa shape index (κ1) is 42.1. The van der Waals surface area contributed by atoms with Gasteiger partial charge in [-0.25, -0.2) is 25.9 Å². The molecule has 2 amide bonds. The lowest BCUT2D eigenvalue weighted by Crippen LogP contribution is -2.35. The first-order valence-electron chi connectivity index (χ1n) is 17.7. The summed E-state index contributed by atoms with van der Waals surface area (Å²) in [6, 6.07) is 9.41. The van der Waals surface area contributed by atoms with Crippen molar-refractivity contribution in [3.05, 3.63) is 64.8 Å². The summed E-state index contributed by atoms with van der Waals surface area (Å²) in [5, 5.41) is 1.33. The zero-order chi connectivity index (χ0) is 40.3. The number of fused-ring (bicyclic) bond motifs is 2. The number of rotatable bonds is 17. The van der Waals surface area contributed by atoms with Gasteiger partial charge in [0.25, 0.3) is 26.9 Å². The Bertz CT molecular complexity index is 2340. The lowest BCUT2D eigenvalue weighted by Gasteiger charge is -2.27. The zero-order valence-corrected chi connectivity index (χ0v) is 34.3. The summed E-state index contributed by atoms with van der Waals surface area (Å²) in [6.07, 6.45) is 8.43. The van der Waals surface area contributed by atoms with Gasteiger partial charge in [0, 0.05) is 81.0 Å². The SMILES string of the molecule is CN(C)S(=O)(=O)c1ccc2c(c1)sc(/C=C/C=C1/N(CCCCCC(=O)ON3C(=O)CCC3=O)c3ccc(S(=O)(=O)O)cc3C1(C)C)[n+]2CCCC[SH](=O)=O. The third kappa shape index (κ3) is 9.52. The fraction of sp³-hybridized carbons (Fsp3) is 0.444. The molecule has 2 aliphatic heterocycles. The summed E-state index contributed by atoms with van der Waals surface area (Å²) in [7, 11) is -7.74. The monoisotopic (exact) mass is 837 g/mol. The minimum atomic E-state index is -4.48. The molecule has 1 N–H and O–H groups in total. The van der Waals surface area contributed by atoms with Crippen LogP contribution in [0.25, 0.3) is 16.3 Å². The maximum absolute atomic E-state index is 12.9. The molecule has 0 atom stereocenters. The normalized spacial score (nSPS) is 16.8. The number of allylic oxidation sites excluding steroid dienone is 3. The van der Waals surface area contributed by atoms with Crippen molar-refractivity contribution in [2.45, 2.75) is 87.0 Å². The number of amides is 2. The van der Waals surface area contributed by atoms with E-state index in [9.17, 15) is 44.2 Å². The fourth-order valence-corrected chi connectivity index (χ4v) is 9.75. The van der Waals surface area contributed by atoms with Crippen LogP contribution in [0, 0.1) is 0 Å². The third-order valence-corrected chi connectivity index (χ3v) is 14.0. The van der Waals surface area contributed by atoms with Crippen LogP contribution in [-0.2, 0) is 62.0 Å². The second-order valence-corrected chi connectivity index (χ2v) is 19.7. The molecule has 19 heteroatoms. The number of hydrogen-bond donors (Lipinski definition) is 2. The number of imide groups is 1. The number of sulfonamides is 1. The van der Waals surface area contributed by atoms with E-state index in [1.165, 1.54) is 37.6 Å². The minimum Gasteiger partial charge on any atom is -0.344 e. The molecule has 1 saturated heterocycles. The van der Waals surface area contributed by atoms with E-state index < -0.39 is 54.0 Å². The second-order valence-electron chi connectivity index (χ2n) is 14.0. The molecule has 15 nitrogen and oxygen atoms in total. The topological polar surface area (TPSA) is 197 Å². The Morgan fingerprint density at radius 2 is 1.67 bits per heavy atom. The van der Waals surface area contributed by atoms with E-state index in [1.54, 1.807) is 24.3 Å². The lowest BCUT2D eigenvalue weighted by atomic mass is 9.83. The smallest absolute Gasteiger partial charge is 0.333 e. The first-order valence-corrected chi connectivity index (χ1v) is 22.7. The highest BCUT2D eigenvalue weighted by Gasteiger charge is 2.40. The van der Waals surface area contributed by atoms with E-state index in [0.717, 1.165) is 30.9 Å². The number of thiol groups is 1. The Hall–Kier alpha value is -4.01. The number of unbranched alkanes of at least 4 members (excludes halogenated alkanes) is 3. The molecule has 0 radical (unpaired) electrons. The zero-order valence-electron chi connectivity index (χ0n) is 31.0. The predicted molar refractivity (Wildman–Crippen MR) is 207 cm³/mol. The first-order chi connectivity index (χ1) is 25.8. The summed E-state index contributed by atoms with van der Waals surface area (Å²) in [5.41, 5.74) is 2.37. The summed E-state index contributed by atoms with van der Waals surface area (Å²) in [6.45, 7) is 4.89. The summed E-state index contributed by atoms with van der Waals surface area (Å²) in [4.78, 5) is 42.8. The number of carbonyl (C=O) groups is 3. The van der Waals surface area contributed by atoms with Gasteiger partial charge in [-0.15, -0.1) is 5.06 Å². The number of aryl methyl sites for hydroxylation is 1. The van der Waals surface area contributed by atoms with Crippen molar-refractivity contribution in [2.24, 2.45) is 0 Å². The predicted octanol–water partition coefficient (Wildman–Crippen LogP) is 3.94. The molecule has 1 fully saturated rings. The number of carbonyl (C=O) groups excluding carboxylic acids is 3. The molecule has 2 aromatic carbocycles. The highest BCUT2D eigenvalue weighted by Crippen LogP contribution is 2.48. The Morgan fingerprint density at radius 3 is 2.33 bits per heavy atom. The van der Waals surface area contributed by atoms with Gasteiger partial charge in [-0.1, -0.05) is 37.7 Å². The molecule has 5 rings (SSSR count). The maximum atomic E-state index is 12.9. The second kappa shape index (κ2) is 17.0. The lowest BCUT2D eigenvalue weighted by molar-refractivity contribution is -0.669. The van der Waals surface area contributed by atoms with Crippen molar-refractivity contribution in [1.29, 1.82) is 0 Å². The van der Waals surface area contributed by atoms with Gasteiger partial charge >= 0.3 is 5.97 Å². The number of hydrogen-bond acceptors (Lipinski definition) is 12. The molecule has 55 heavy (non-hydrogen) atoms. The molecule has 0 spiro atoms. The molecule has 3 heterocycles. The van der Waals surface area contributed by atoms with Crippen molar-refractivity contribution in [1.82, 2.24) is 9.37 Å². The molecule has 0 bridgehead atoms. The molecule has 3 aromatic rings. The number of thiazole rings is 1. The van der Waals surface area contributed by atoms with Crippen LogP contribution in [0.2, 0.25) is 0 Å². The van der Waals surface area contributed by atoms with E-state index in [-0.39, 0.29) is 34.8 Å². The molecule has 0 saturated carbocycles. The fourth-order valence-electron chi connectivity index (χ4n) is 6.62. The van der Waals surface area contributed by atoms with Gasteiger partial charge in [0.1, 0.15) is 15.4 Å². The van der Waals surface area contributed by atoms with Crippen molar-refractivity contribution < 1.29 is 53.6 Å². The van der Waals surface area contributed by atoms with Crippen LogP contribution in [0.4, 0.5) is 5.69 Å². The number of nitrogens with zero attached hydrogens (tertiary/aromatic N) is 4. The Balaban J connectivity index is 1.42. The van der Waals surface area contributed by atoms with Crippen molar-refractivity contribution >= 4 is 81.9 Å². The van der Waals surface area contributed by atoms with E-state index in [2.05, 4.69) is 4.90 Å². The molecule has 0 unspecified atom stereocenters. The van der Waals surface area contributed by atoms with Crippen LogP contribution in [0.5, 0.6) is 0 Å². The van der Waals surface area contributed by atoms with Crippen LogP contribution in [0.3, 0.4) is 0 Å². The molecule has 1 aromatic heterocycles. The average molecular weight is 838 g/mol. The van der Waals surface area contributed by atoms with Gasteiger partial charge in [-0.3, -0.25) is 14.1 Å². The summed E-state index contributed by atoms with van der Waals surface area (Å²) in [5.74, 6) is -1.69. The number of hydroxylamine groups is 2. The molecular weight excluding hydrogens is 793 g/mol. The number of anilines is 1. The van der Waals surface area contributed by atoms with Gasteiger partial charge in [0.2, 0.25) is 15.5 Å². The number of aromatic nitrogens is 1. The van der Waals surface area contributed by atoms with Crippen LogP contribution in [0.15, 0.2) is 64.0 Å². The molecular formula is C36H45N4O11S4+. The van der Waals surface area contributed by atoms with Crippen LogP contribution in [0.1, 0.15) is 75.8 Å². The average Bonchev–Trinajstić information content (AvgIpc) is 3.69. The Morgan fingerprint density at radius 1 is 0.982 bits per heavy atom. The van der Waals surface area contributed by atoms with Crippen LogP contribution in [-0.4, -0.2) is 83.4 Å². The standard InChI is InChI=1S/C36H44N4O11S4/c1-36(2)27-23-26(55(48,49)50)15-16-28(27)38(20-7-5-6-13-35(43)51-40-32(41)18-19-33(40)42)31(36)11-10-12-34-39(21-8-9-22-53(44)45)29-17-14-25(24-30(29)52-34)54(46,47)37(3)4/h10-12,14-17,23-24,53H,5-9,13,18-22H2,1-4H3/p+1. The van der Waals surface area contributed by atoms with Gasteiger partial charge < -0.3 is 9.74 Å². The summed E-state index contributed by atoms with van der Waals surface area (Å²) < 4.78 is 86.1. The van der Waals surface area contributed by atoms with Crippen molar-refractivity contribution in [2.75, 3.05) is 31.3 Å². The van der Waals surface area contributed by atoms with Crippen LogP contribution >= 0.6 is 11.3 Å². The van der Waals surface area contributed by atoms with Gasteiger partial charge in [0.15, 0.2) is 6.54 Å². The summed E-state index contributed by atoms with van der Waals surface area (Å²) >= 11 is 1.40. The molecule has 298 valence electrons. The van der Waals surface area contributed by atoms with Crippen molar-refractivity contribution in [3.8, 4) is 0 Å². The van der Waals surface area contributed by atoms with Gasteiger partial charge in [0.05, 0.1) is 9.79 Å². The van der Waals surface area contributed by atoms with Crippen molar-refractivity contribution in [3.63, 3.8) is 0 Å². The van der Waals surface area contributed by atoms with E-state index in [1.807, 2.05) is 36.6 Å². The third-order valence-electron chi connectivity index (χ3n) is 9.57. The number of benzene rings is 2. The minimum absolute atomic E-state index is 0.00922. The van der Waals surface area contributed by atoms with Crippen LogP contribution < -0.4 is 9.47 Å². The maximum Gasteiger partial charge on any atom is 0.333 e. The molecule has 0 aliphatic carbocycles. The molecule has 2 aliphatic rings. The van der Waals surface area contributed by atoms with Gasteiger partial charge in [-0.05, 0) is 61.2 Å². The Labute approximate surface area is 326 Å².